The van der Waals surface area contributed by atoms with Gasteiger partial charge in [-0.05, 0) is 36.3 Å². The molecule has 1 aliphatic heterocycles. The van der Waals surface area contributed by atoms with E-state index >= 15 is 0 Å². The minimum absolute atomic E-state index is 0.0975. The van der Waals surface area contributed by atoms with Crippen LogP contribution in [0.3, 0.4) is 0 Å². The molecule has 1 saturated heterocycles. The van der Waals surface area contributed by atoms with Crippen LogP contribution in [0.5, 0.6) is 5.75 Å². The predicted molar refractivity (Wildman–Crippen MR) is 98.0 cm³/mol. The summed E-state index contributed by atoms with van der Waals surface area (Å²) in [5.74, 6) is 0.0755. The summed E-state index contributed by atoms with van der Waals surface area (Å²) in [6.07, 6.45) is 1.76. The highest BCUT2D eigenvalue weighted by Crippen LogP contribution is 2.38. The molecule has 0 aromatic heterocycles. The quantitative estimate of drug-likeness (QED) is 0.665. The fraction of sp³-hybridized carbons (Fsp3) is 0.111. The molecule has 1 aliphatic rings. The number of rotatable bonds is 3. The van der Waals surface area contributed by atoms with Crippen molar-refractivity contribution in [1.29, 1.82) is 0 Å². The van der Waals surface area contributed by atoms with E-state index in [0.29, 0.717) is 9.23 Å². The van der Waals surface area contributed by atoms with Crippen LogP contribution in [-0.2, 0) is 4.79 Å². The third-order valence-electron chi connectivity index (χ3n) is 3.66. The molecule has 1 N–H and O–H groups in total. The summed E-state index contributed by atoms with van der Waals surface area (Å²) in [6, 6.07) is 16.5. The van der Waals surface area contributed by atoms with E-state index in [-0.39, 0.29) is 17.7 Å². The van der Waals surface area contributed by atoms with E-state index in [9.17, 15) is 9.90 Å². The molecule has 1 fully saturated rings. The van der Waals surface area contributed by atoms with E-state index in [1.54, 1.807) is 29.2 Å². The van der Waals surface area contributed by atoms with Gasteiger partial charge in [0.1, 0.15) is 10.1 Å². The summed E-state index contributed by atoms with van der Waals surface area (Å²) in [5, 5.41) is 9.54. The molecule has 3 rings (SSSR count). The van der Waals surface area contributed by atoms with Gasteiger partial charge in [0, 0.05) is 0 Å². The number of thiocarbonyl (C=S) groups is 1. The van der Waals surface area contributed by atoms with Crippen molar-refractivity contribution in [2.24, 2.45) is 0 Å². The Hall–Kier alpha value is -2.11. The van der Waals surface area contributed by atoms with Crippen LogP contribution in [0.1, 0.15) is 24.1 Å². The molecule has 0 saturated carbocycles. The predicted octanol–water partition coefficient (Wildman–Crippen LogP) is 4.35. The molecule has 1 unspecified atom stereocenters. The van der Waals surface area contributed by atoms with Crippen molar-refractivity contribution in [3.8, 4) is 5.75 Å². The second-order valence-corrected chi connectivity index (χ2v) is 6.91. The van der Waals surface area contributed by atoms with Gasteiger partial charge in [0.05, 0.1) is 10.9 Å². The maximum atomic E-state index is 12.7. The van der Waals surface area contributed by atoms with Crippen LogP contribution >= 0.6 is 24.0 Å². The van der Waals surface area contributed by atoms with E-state index in [2.05, 4.69) is 0 Å². The van der Waals surface area contributed by atoms with Gasteiger partial charge in [-0.15, -0.1) is 0 Å². The number of thioether (sulfide) groups is 1. The minimum atomic E-state index is -0.112. The average Bonchev–Trinajstić information content (AvgIpc) is 2.81. The Morgan fingerprint density at radius 3 is 2.61 bits per heavy atom. The molecule has 0 bridgehead atoms. The van der Waals surface area contributed by atoms with Crippen LogP contribution in [0.4, 0.5) is 0 Å². The number of nitrogens with zero attached hydrogens (tertiary/aromatic N) is 1. The summed E-state index contributed by atoms with van der Waals surface area (Å²) in [4.78, 5) is 14.9. The number of hydrogen-bond acceptors (Lipinski definition) is 4. The largest absolute Gasteiger partial charge is 0.508 e. The number of carbonyl (C=O) groups excluding carboxylic acids is 1. The highest BCUT2D eigenvalue weighted by Gasteiger charge is 2.35. The number of aromatic hydroxyl groups is 1. The van der Waals surface area contributed by atoms with Gasteiger partial charge < -0.3 is 5.11 Å². The van der Waals surface area contributed by atoms with Crippen LogP contribution in [0, 0.1) is 0 Å². The standard InChI is InChI=1S/C18H15NO2S2/c1-12(14-7-3-2-4-8-14)19-17(21)16(23-18(19)22)11-13-6-5-9-15(20)10-13/h2-12,20H,1H3/b16-11-. The van der Waals surface area contributed by atoms with Crippen molar-refractivity contribution in [3.05, 3.63) is 70.6 Å². The van der Waals surface area contributed by atoms with Crippen LogP contribution in [0.25, 0.3) is 6.08 Å². The lowest BCUT2D eigenvalue weighted by Crippen LogP contribution is -2.30. The van der Waals surface area contributed by atoms with Crippen LogP contribution in [0.15, 0.2) is 59.5 Å². The fourth-order valence-electron chi connectivity index (χ4n) is 2.46. The molecule has 3 nitrogen and oxygen atoms in total. The normalized spacial score (nSPS) is 17.8. The molecule has 2 aromatic rings. The number of carbonyl (C=O) groups is 1. The molecular weight excluding hydrogens is 326 g/mol. The lowest BCUT2D eigenvalue weighted by Gasteiger charge is -2.23. The van der Waals surface area contributed by atoms with Gasteiger partial charge in [0.2, 0.25) is 0 Å². The Bertz CT molecular complexity index is 787. The zero-order chi connectivity index (χ0) is 16.4. The Morgan fingerprint density at radius 1 is 1.17 bits per heavy atom. The van der Waals surface area contributed by atoms with E-state index in [1.165, 1.54) is 11.8 Å². The lowest BCUT2D eigenvalue weighted by molar-refractivity contribution is -0.123. The molecule has 2 aromatic carbocycles. The zero-order valence-electron chi connectivity index (χ0n) is 12.5. The highest BCUT2D eigenvalue weighted by molar-refractivity contribution is 8.26. The van der Waals surface area contributed by atoms with Crippen LogP contribution in [-0.4, -0.2) is 20.2 Å². The van der Waals surface area contributed by atoms with Crippen molar-refractivity contribution >= 4 is 40.3 Å². The second kappa shape index (κ2) is 6.56. The van der Waals surface area contributed by atoms with Gasteiger partial charge >= 0.3 is 0 Å². The van der Waals surface area contributed by atoms with Gasteiger partial charge in [-0.1, -0.05) is 66.4 Å². The first-order valence-electron chi connectivity index (χ1n) is 7.17. The molecule has 1 atom stereocenters. The molecule has 1 amide bonds. The summed E-state index contributed by atoms with van der Waals surface area (Å²) in [6.45, 7) is 1.97. The van der Waals surface area contributed by atoms with Gasteiger partial charge in [0.15, 0.2) is 0 Å². The van der Waals surface area contributed by atoms with Crippen LogP contribution in [0.2, 0.25) is 0 Å². The summed E-state index contributed by atoms with van der Waals surface area (Å²) in [7, 11) is 0. The molecule has 116 valence electrons. The Labute approximate surface area is 144 Å². The summed E-state index contributed by atoms with van der Waals surface area (Å²) < 4.78 is 0.553. The summed E-state index contributed by atoms with van der Waals surface area (Å²) in [5.41, 5.74) is 1.82. The topological polar surface area (TPSA) is 40.5 Å². The number of phenolic OH excluding ortho intramolecular Hbond substituents is 1. The average molecular weight is 341 g/mol. The van der Waals surface area contributed by atoms with E-state index in [4.69, 9.17) is 12.2 Å². The maximum Gasteiger partial charge on any atom is 0.266 e. The smallest absolute Gasteiger partial charge is 0.266 e. The Kier molecular flexibility index (Phi) is 4.50. The van der Waals surface area contributed by atoms with E-state index < -0.39 is 0 Å². The second-order valence-electron chi connectivity index (χ2n) is 5.23. The van der Waals surface area contributed by atoms with Crippen molar-refractivity contribution < 1.29 is 9.90 Å². The number of hydrogen-bond donors (Lipinski definition) is 1. The first kappa shape index (κ1) is 15.8. The van der Waals surface area contributed by atoms with Crippen molar-refractivity contribution in [2.45, 2.75) is 13.0 Å². The first-order chi connectivity index (χ1) is 11.1. The maximum absolute atomic E-state index is 12.7. The third kappa shape index (κ3) is 3.30. The van der Waals surface area contributed by atoms with Crippen molar-refractivity contribution in [2.75, 3.05) is 0 Å². The molecule has 0 radical (unpaired) electrons. The number of amides is 1. The molecule has 1 heterocycles. The molecular formula is C18H15NO2S2. The van der Waals surface area contributed by atoms with E-state index in [0.717, 1.165) is 11.1 Å². The molecule has 0 spiro atoms. The number of benzene rings is 2. The molecule has 23 heavy (non-hydrogen) atoms. The first-order valence-corrected chi connectivity index (χ1v) is 8.40. The zero-order valence-corrected chi connectivity index (χ0v) is 14.1. The van der Waals surface area contributed by atoms with Crippen molar-refractivity contribution in [1.82, 2.24) is 4.90 Å². The molecule has 5 heteroatoms. The van der Waals surface area contributed by atoms with E-state index in [1.807, 2.05) is 43.3 Å². The molecule has 0 aliphatic carbocycles. The fourth-order valence-corrected chi connectivity index (χ4v) is 3.88. The lowest BCUT2D eigenvalue weighted by atomic mass is 10.1. The highest BCUT2D eigenvalue weighted by atomic mass is 32.2. The SMILES string of the molecule is CC(c1ccccc1)N1C(=O)/C(=C/c2cccc(O)c2)SC1=S. The van der Waals surface area contributed by atoms with Gasteiger partial charge in [-0.2, -0.15) is 0 Å². The van der Waals surface area contributed by atoms with Crippen molar-refractivity contribution in [3.63, 3.8) is 0 Å². The van der Waals surface area contributed by atoms with Gasteiger partial charge in [0.25, 0.3) is 5.91 Å². The summed E-state index contributed by atoms with van der Waals surface area (Å²) >= 11 is 6.68. The third-order valence-corrected chi connectivity index (χ3v) is 4.99. The minimum Gasteiger partial charge on any atom is -0.508 e. The van der Waals surface area contributed by atoms with Gasteiger partial charge in [-0.3, -0.25) is 9.69 Å². The Morgan fingerprint density at radius 2 is 1.91 bits per heavy atom. The van der Waals surface area contributed by atoms with Gasteiger partial charge in [-0.25, -0.2) is 0 Å². The van der Waals surface area contributed by atoms with Crippen LogP contribution < -0.4 is 0 Å². The number of phenols is 1. The Balaban J connectivity index is 1.88. The monoisotopic (exact) mass is 341 g/mol.